The topological polar surface area (TPSA) is 20.3 Å². The Morgan fingerprint density at radius 1 is 1.44 bits per heavy atom. The van der Waals surface area contributed by atoms with E-state index in [0.717, 1.165) is 18.4 Å². The monoisotopic (exact) mass is 247 g/mol. The van der Waals surface area contributed by atoms with E-state index in [0.29, 0.717) is 13.1 Å². The van der Waals surface area contributed by atoms with E-state index in [1.54, 1.807) is 23.1 Å². The third-order valence-electron chi connectivity index (χ3n) is 3.44. The number of carbonyl (C=O) groups excluding carboxylic acids is 1. The van der Waals surface area contributed by atoms with Crippen molar-refractivity contribution < 1.29 is 9.18 Å². The first-order valence-corrected chi connectivity index (χ1v) is 6.20. The maximum absolute atomic E-state index is 12.8. The molecule has 3 heteroatoms. The van der Waals surface area contributed by atoms with Gasteiger partial charge in [0, 0.05) is 18.5 Å². The van der Waals surface area contributed by atoms with Crippen LogP contribution in [-0.2, 0) is 11.3 Å². The minimum atomic E-state index is -0.255. The van der Waals surface area contributed by atoms with Crippen LogP contribution in [0.25, 0.3) is 0 Å². The van der Waals surface area contributed by atoms with Gasteiger partial charge in [-0.15, -0.1) is 6.58 Å². The van der Waals surface area contributed by atoms with Crippen LogP contribution in [0.2, 0.25) is 0 Å². The molecule has 0 spiro atoms. The summed E-state index contributed by atoms with van der Waals surface area (Å²) < 4.78 is 12.8. The molecule has 96 valence electrons. The number of nitrogens with zero attached hydrogens (tertiary/aromatic N) is 1. The summed E-state index contributed by atoms with van der Waals surface area (Å²) in [6, 6.07) is 6.28. The molecule has 18 heavy (non-hydrogen) atoms. The van der Waals surface area contributed by atoms with Crippen LogP contribution in [0.15, 0.2) is 36.9 Å². The van der Waals surface area contributed by atoms with Crippen LogP contribution < -0.4 is 0 Å². The van der Waals surface area contributed by atoms with Gasteiger partial charge in [0.1, 0.15) is 5.82 Å². The minimum absolute atomic E-state index is 0.173. The molecule has 1 amide bonds. The van der Waals surface area contributed by atoms with Crippen LogP contribution in [0.4, 0.5) is 4.39 Å². The first-order chi connectivity index (χ1) is 8.55. The van der Waals surface area contributed by atoms with Crippen LogP contribution in [-0.4, -0.2) is 17.4 Å². The Morgan fingerprint density at radius 2 is 2.06 bits per heavy atom. The highest BCUT2D eigenvalue weighted by atomic mass is 19.1. The molecule has 2 nitrogen and oxygen atoms in total. The van der Waals surface area contributed by atoms with Crippen molar-refractivity contribution in [2.45, 2.75) is 26.3 Å². The van der Waals surface area contributed by atoms with Gasteiger partial charge in [0.25, 0.3) is 0 Å². The molecule has 2 rings (SSSR count). The van der Waals surface area contributed by atoms with Crippen LogP contribution in [0.1, 0.15) is 25.3 Å². The lowest BCUT2D eigenvalue weighted by Crippen LogP contribution is -2.35. The molecule has 0 aliphatic heterocycles. The third kappa shape index (κ3) is 2.78. The van der Waals surface area contributed by atoms with E-state index in [1.807, 2.05) is 6.92 Å². The van der Waals surface area contributed by atoms with E-state index in [-0.39, 0.29) is 17.1 Å². The fourth-order valence-electron chi connectivity index (χ4n) is 1.97. The van der Waals surface area contributed by atoms with Gasteiger partial charge < -0.3 is 4.90 Å². The average Bonchev–Trinajstić information content (AvgIpc) is 3.10. The van der Waals surface area contributed by atoms with Gasteiger partial charge in [-0.25, -0.2) is 4.39 Å². The predicted molar refractivity (Wildman–Crippen MR) is 69.4 cm³/mol. The molecule has 1 saturated carbocycles. The second kappa shape index (κ2) is 4.92. The smallest absolute Gasteiger partial charge is 0.229 e. The first-order valence-electron chi connectivity index (χ1n) is 6.20. The molecule has 1 fully saturated rings. The summed E-state index contributed by atoms with van der Waals surface area (Å²) in [6.07, 6.45) is 3.65. The lowest BCUT2D eigenvalue weighted by molar-refractivity contribution is -0.136. The van der Waals surface area contributed by atoms with Crippen molar-refractivity contribution in [3.05, 3.63) is 48.3 Å². The van der Waals surface area contributed by atoms with Gasteiger partial charge in [0.05, 0.1) is 0 Å². The first kappa shape index (κ1) is 12.8. The molecule has 0 bridgehead atoms. The molecule has 0 atom stereocenters. The number of hydrogen-bond acceptors (Lipinski definition) is 1. The lowest BCUT2D eigenvalue weighted by atomic mass is 10.1. The van der Waals surface area contributed by atoms with Gasteiger partial charge in [0.2, 0.25) is 5.91 Å². The van der Waals surface area contributed by atoms with Crippen molar-refractivity contribution in [3.63, 3.8) is 0 Å². The van der Waals surface area contributed by atoms with Gasteiger partial charge in [-0.2, -0.15) is 0 Å². The van der Waals surface area contributed by atoms with Crippen molar-refractivity contribution in [1.29, 1.82) is 0 Å². The summed E-state index contributed by atoms with van der Waals surface area (Å²) in [5, 5.41) is 0. The zero-order valence-corrected chi connectivity index (χ0v) is 10.7. The Labute approximate surface area is 107 Å². The summed E-state index contributed by atoms with van der Waals surface area (Å²) in [5.74, 6) is -0.0822. The Bertz CT molecular complexity index is 448. The molecule has 0 unspecified atom stereocenters. The van der Waals surface area contributed by atoms with Crippen molar-refractivity contribution in [2.75, 3.05) is 6.54 Å². The Kier molecular flexibility index (Phi) is 3.50. The largest absolute Gasteiger partial charge is 0.334 e. The molecule has 1 aliphatic rings. The average molecular weight is 247 g/mol. The van der Waals surface area contributed by atoms with Gasteiger partial charge in [0.15, 0.2) is 0 Å². The van der Waals surface area contributed by atoms with Gasteiger partial charge in [-0.1, -0.05) is 25.1 Å². The lowest BCUT2D eigenvalue weighted by Gasteiger charge is -2.24. The van der Waals surface area contributed by atoms with E-state index in [1.165, 1.54) is 12.1 Å². The number of carbonyl (C=O) groups is 1. The van der Waals surface area contributed by atoms with Crippen LogP contribution in [0, 0.1) is 11.2 Å². The fourth-order valence-corrected chi connectivity index (χ4v) is 1.97. The van der Waals surface area contributed by atoms with Crippen molar-refractivity contribution in [1.82, 2.24) is 4.90 Å². The van der Waals surface area contributed by atoms with Crippen molar-refractivity contribution in [2.24, 2.45) is 5.41 Å². The molecular weight excluding hydrogens is 229 g/mol. The second-order valence-electron chi connectivity index (χ2n) is 5.16. The molecule has 1 aliphatic carbocycles. The highest BCUT2D eigenvalue weighted by Gasteiger charge is 2.46. The summed E-state index contributed by atoms with van der Waals surface area (Å²) in [6.45, 7) is 6.73. The number of benzene rings is 1. The zero-order chi connectivity index (χ0) is 13.2. The van der Waals surface area contributed by atoms with Crippen molar-refractivity contribution >= 4 is 5.91 Å². The molecule has 0 aromatic heterocycles. The predicted octanol–water partition coefficient (Wildman–Crippen LogP) is 3.14. The molecule has 0 radical (unpaired) electrons. The number of halogens is 1. The number of amides is 1. The van der Waals surface area contributed by atoms with Gasteiger partial charge >= 0.3 is 0 Å². The van der Waals surface area contributed by atoms with Gasteiger partial charge in [-0.3, -0.25) is 4.79 Å². The minimum Gasteiger partial charge on any atom is -0.334 e. The maximum atomic E-state index is 12.8. The highest BCUT2D eigenvalue weighted by molar-refractivity contribution is 5.85. The van der Waals surface area contributed by atoms with E-state index in [4.69, 9.17) is 0 Å². The third-order valence-corrected chi connectivity index (χ3v) is 3.44. The molecule has 1 aromatic rings. The Morgan fingerprint density at radius 3 is 2.56 bits per heavy atom. The summed E-state index contributed by atoms with van der Waals surface area (Å²) in [4.78, 5) is 14.1. The molecule has 1 aromatic carbocycles. The Balaban J connectivity index is 2.08. The Hall–Kier alpha value is -1.64. The van der Waals surface area contributed by atoms with Crippen LogP contribution in [0.3, 0.4) is 0 Å². The summed E-state index contributed by atoms with van der Waals surface area (Å²) in [7, 11) is 0. The summed E-state index contributed by atoms with van der Waals surface area (Å²) in [5.41, 5.74) is 0.763. The normalized spacial score (nSPS) is 16.1. The van der Waals surface area contributed by atoms with Crippen LogP contribution >= 0.6 is 0 Å². The maximum Gasteiger partial charge on any atom is 0.229 e. The van der Waals surface area contributed by atoms with E-state index in [2.05, 4.69) is 6.58 Å². The quantitative estimate of drug-likeness (QED) is 0.732. The summed E-state index contributed by atoms with van der Waals surface area (Å²) >= 11 is 0. The van der Waals surface area contributed by atoms with Gasteiger partial charge in [-0.05, 0) is 30.5 Å². The van der Waals surface area contributed by atoms with E-state index < -0.39 is 0 Å². The standard InChI is InChI=1S/C15H18FNO/c1-3-10-17(14(18)15(2)8-9-15)11-12-4-6-13(16)7-5-12/h3-7H,1,8-11H2,2H3. The van der Waals surface area contributed by atoms with E-state index >= 15 is 0 Å². The number of hydrogen-bond donors (Lipinski definition) is 0. The number of rotatable bonds is 5. The van der Waals surface area contributed by atoms with Crippen molar-refractivity contribution in [3.8, 4) is 0 Å². The molecule has 0 N–H and O–H groups in total. The molecule has 0 heterocycles. The highest BCUT2D eigenvalue weighted by Crippen LogP contribution is 2.46. The molecular formula is C15H18FNO. The molecule has 0 saturated heterocycles. The van der Waals surface area contributed by atoms with Crippen LogP contribution in [0.5, 0.6) is 0 Å². The van der Waals surface area contributed by atoms with E-state index in [9.17, 15) is 9.18 Å². The second-order valence-corrected chi connectivity index (χ2v) is 5.16. The SMILES string of the molecule is C=CCN(Cc1ccc(F)cc1)C(=O)C1(C)CC1. The zero-order valence-electron chi connectivity index (χ0n) is 10.7. The fraction of sp³-hybridized carbons (Fsp3) is 0.400.